The van der Waals surface area contributed by atoms with Crippen LogP contribution in [0, 0.1) is 17.1 Å². The molecule has 0 bridgehead atoms. The number of carboxylic acids is 1. The fourth-order valence-corrected chi connectivity index (χ4v) is 1.71. The number of halogens is 1. The number of benzene rings is 2. The molecule has 0 amide bonds. The Morgan fingerprint density at radius 2 is 2.00 bits per heavy atom. The molecule has 2 rings (SSSR count). The molecule has 6 heteroatoms. The number of nitriles is 1. The van der Waals surface area contributed by atoms with Gasteiger partial charge in [-0.25, -0.2) is 9.18 Å². The van der Waals surface area contributed by atoms with Crippen molar-refractivity contribution in [2.24, 2.45) is 0 Å². The van der Waals surface area contributed by atoms with Crippen LogP contribution in [-0.2, 0) is 0 Å². The van der Waals surface area contributed by atoms with Crippen molar-refractivity contribution in [2.75, 3.05) is 11.1 Å². The third-order valence-corrected chi connectivity index (χ3v) is 2.65. The van der Waals surface area contributed by atoms with E-state index < -0.39 is 11.8 Å². The summed E-state index contributed by atoms with van der Waals surface area (Å²) in [6, 6.07) is 9.70. The van der Waals surface area contributed by atoms with E-state index in [1.165, 1.54) is 30.3 Å². The summed E-state index contributed by atoms with van der Waals surface area (Å²) in [4.78, 5) is 11.1. The maximum Gasteiger partial charge on any atom is 0.337 e. The first-order chi connectivity index (χ1) is 9.51. The average molecular weight is 271 g/mol. The lowest BCUT2D eigenvalue weighted by molar-refractivity contribution is 0.0698. The van der Waals surface area contributed by atoms with Crippen molar-refractivity contribution in [1.29, 1.82) is 5.26 Å². The van der Waals surface area contributed by atoms with Gasteiger partial charge in [0.15, 0.2) is 0 Å². The molecule has 2 aromatic carbocycles. The molecule has 0 aromatic heterocycles. The van der Waals surface area contributed by atoms with Crippen molar-refractivity contribution in [3.05, 3.63) is 53.3 Å². The van der Waals surface area contributed by atoms with Crippen LogP contribution in [0.2, 0.25) is 0 Å². The van der Waals surface area contributed by atoms with Gasteiger partial charge in [0.05, 0.1) is 22.5 Å². The Hall–Kier alpha value is -3.07. The molecule has 0 fully saturated rings. The van der Waals surface area contributed by atoms with Gasteiger partial charge in [0, 0.05) is 5.69 Å². The van der Waals surface area contributed by atoms with Crippen molar-refractivity contribution >= 4 is 23.0 Å². The van der Waals surface area contributed by atoms with E-state index in [-0.39, 0.29) is 16.8 Å². The number of nitrogens with zero attached hydrogens (tertiary/aromatic N) is 1. The second kappa shape index (κ2) is 5.28. The highest BCUT2D eigenvalue weighted by molar-refractivity contribution is 5.96. The molecule has 0 saturated heterocycles. The predicted molar refractivity (Wildman–Crippen MR) is 72.2 cm³/mol. The maximum atomic E-state index is 13.1. The predicted octanol–water partition coefficient (Wildman–Crippen LogP) is 2.72. The van der Waals surface area contributed by atoms with E-state index in [9.17, 15) is 9.18 Å². The summed E-state index contributed by atoms with van der Waals surface area (Å²) in [5.74, 6) is -1.67. The normalized spacial score (nSPS) is 9.80. The van der Waals surface area contributed by atoms with E-state index in [0.717, 1.165) is 6.07 Å². The molecule has 0 atom stereocenters. The molecule has 0 aliphatic carbocycles. The Balaban J connectivity index is 2.47. The van der Waals surface area contributed by atoms with Crippen molar-refractivity contribution in [2.45, 2.75) is 0 Å². The van der Waals surface area contributed by atoms with Crippen LogP contribution < -0.4 is 11.1 Å². The summed E-state index contributed by atoms with van der Waals surface area (Å²) in [5, 5.41) is 20.8. The fourth-order valence-electron chi connectivity index (χ4n) is 1.71. The zero-order valence-electron chi connectivity index (χ0n) is 10.2. The fraction of sp³-hybridized carbons (Fsp3) is 0. The lowest BCUT2D eigenvalue weighted by atomic mass is 10.1. The van der Waals surface area contributed by atoms with Gasteiger partial charge >= 0.3 is 5.97 Å². The van der Waals surface area contributed by atoms with E-state index in [0.29, 0.717) is 11.4 Å². The number of hydrogen-bond acceptors (Lipinski definition) is 4. The summed E-state index contributed by atoms with van der Waals surface area (Å²) in [6.45, 7) is 0. The molecule has 4 N–H and O–H groups in total. The minimum Gasteiger partial charge on any atom is -0.478 e. The maximum absolute atomic E-state index is 13.1. The van der Waals surface area contributed by atoms with Crippen molar-refractivity contribution in [3.8, 4) is 6.07 Å². The lowest BCUT2D eigenvalue weighted by Crippen LogP contribution is -2.04. The number of nitrogen functional groups attached to an aromatic ring is 1. The number of carbonyl (C=O) groups is 1. The average Bonchev–Trinajstić information content (AvgIpc) is 2.40. The minimum atomic E-state index is -1.13. The zero-order chi connectivity index (χ0) is 14.7. The molecule has 0 unspecified atom stereocenters. The molecule has 0 radical (unpaired) electrons. The number of rotatable bonds is 3. The molecule has 0 aliphatic heterocycles. The van der Waals surface area contributed by atoms with Gasteiger partial charge in [-0.15, -0.1) is 0 Å². The van der Waals surface area contributed by atoms with Crippen LogP contribution in [0.3, 0.4) is 0 Å². The first-order valence-electron chi connectivity index (χ1n) is 5.61. The van der Waals surface area contributed by atoms with E-state index >= 15 is 0 Å². The monoisotopic (exact) mass is 271 g/mol. The Kier molecular flexibility index (Phi) is 3.53. The molecule has 0 saturated carbocycles. The number of anilines is 3. The summed E-state index contributed by atoms with van der Waals surface area (Å²) < 4.78 is 13.1. The first kappa shape index (κ1) is 13.4. The molecular weight excluding hydrogens is 261 g/mol. The van der Waals surface area contributed by atoms with Gasteiger partial charge in [-0.2, -0.15) is 5.26 Å². The molecule has 0 aliphatic rings. The van der Waals surface area contributed by atoms with Crippen LogP contribution in [0.15, 0.2) is 36.4 Å². The van der Waals surface area contributed by atoms with Crippen LogP contribution in [-0.4, -0.2) is 11.1 Å². The van der Waals surface area contributed by atoms with Crippen LogP contribution in [0.25, 0.3) is 0 Å². The van der Waals surface area contributed by atoms with Crippen LogP contribution in [0.5, 0.6) is 0 Å². The van der Waals surface area contributed by atoms with Crippen molar-refractivity contribution in [3.63, 3.8) is 0 Å². The van der Waals surface area contributed by atoms with Crippen molar-refractivity contribution < 1.29 is 14.3 Å². The standard InChI is InChI=1S/C14H10FN3O2/c15-9-1-4-12(8(5-9)7-16)18-13-6-10(17)2-3-11(13)14(19)20/h1-6,18H,17H2,(H,19,20). The largest absolute Gasteiger partial charge is 0.478 e. The Morgan fingerprint density at radius 1 is 1.25 bits per heavy atom. The summed E-state index contributed by atoms with van der Waals surface area (Å²) >= 11 is 0. The molecule has 0 heterocycles. The van der Waals surface area contributed by atoms with Gasteiger partial charge in [-0.05, 0) is 36.4 Å². The van der Waals surface area contributed by atoms with Gasteiger partial charge in [-0.1, -0.05) is 0 Å². The number of nitrogens with one attached hydrogen (secondary N) is 1. The van der Waals surface area contributed by atoms with Gasteiger partial charge in [0.25, 0.3) is 0 Å². The van der Waals surface area contributed by atoms with E-state index in [1.807, 2.05) is 6.07 Å². The SMILES string of the molecule is N#Cc1cc(F)ccc1Nc1cc(N)ccc1C(=O)O. The zero-order valence-corrected chi connectivity index (χ0v) is 10.2. The number of carboxylic acid groups (broad SMARTS) is 1. The smallest absolute Gasteiger partial charge is 0.337 e. The van der Waals surface area contributed by atoms with Gasteiger partial charge in [-0.3, -0.25) is 0 Å². The first-order valence-corrected chi connectivity index (χ1v) is 5.61. The molecule has 0 spiro atoms. The number of nitrogens with two attached hydrogens (primary N) is 1. The Bertz CT molecular complexity index is 723. The topological polar surface area (TPSA) is 99.1 Å². The quantitative estimate of drug-likeness (QED) is 0.745. The highest BCUT2D eigenvalue weighted by atomic mass is 19.1. The van der Waals surface area contributed by atoms with Crippen LogP contribution in [0.4, 0.5) is 21.5 Å². The van der Waals surface area contributed by atoms with Gasteiger partial charge < -0.3 is 16.2 Å². The molecular formula is C14H10FN3O2. The van der Waals surface area contributed by atoms with Crippen LogP contribution >= 0.6 is 0 Å². The molecule has 2 aromatic rings. The molecule has 20 heavy (non-hydrogen) atoms. The van der Waals surface area contributed by atoms with E-state index in [2.05, 4.69) is 5.32 Å². The summed E-state index contributed by atoms with van der Waals surface area (Å²) in [6.07, 6.45) is 0. The molecule has 5 nitrogen and oxygen atoms in total. The van der Waals surface area contributed by atoms with Gasteiger partial charge in [0.2, 0.25) is 0 Å². The van der Waals surface area contributed by atoms with Crippen molar-refractivity contribution in [1.82, 2.24) is 0 Å². The van der Waals surface area contributed by atoms with E-state index in [4.69, 9.17) is 16.1 Å². The van der Waals surface area contributed by atoms with E-state index in [1.54, 1.807) is 0 Å². The Morgan fingerprint density at radius 3 is 2.65 bits per heavy atom. The second-order valence-corrected chi connectivity index (χ2v) is 4.04. The number of aromatic carboxylic acids is 1. The van der Waals surface area contributed by atoms with Gasteiger partial charge in [0.1, 0.15) is 11.9 Å². The lowest BCUT2D eigenvalue weighted by Gasteiger charge is -2.11. The minimum absolute atomic E-state index is 0.00687. The summed E-state index contributed by atoms with van der Waals surface area (Å²) in [5.41, 5.74) is 6.62. The number of hydrogen-bond donors (Lipinski definition) is 3. The second-order valence-electron chi connectivity index (χ2n) is 4.04. The third kappa shape index (κ3) is 2.67. The third-order valence-electron chi connectivity index (χ3n) is 2.65. The highest BCUT2D eigenvalue weighted by Gasteiger charge is 2.12. The highest BCUT2D eigenvalue weighted by Crippen LogP contribution is 2.26. The van der Waals surface area contributed by atoms with Crippen LogP contribution in [0.1, 0.15) is 15.9 Å². The Labute approximate surface area is 114 Å². The summed E-state index contributed by atoms with van der Waals surface area (Å²) in [7, 11) is 0. The molecule has 100 valence electrons.